The van der Waals surface area contributed by atoms with E-state index >= 15 is 0 Å². The van der Waals surface area contributed by atoms with Gasteiger partial charge in [0.05, 0.1) is 0 Å². The highest BCUT2D eigenvalue weighted by molar-refractivity contribution is 5.79. The largest absolute Gasteiger partial charge is 0.371 e. The molecule has 0 aliphatic carbocycles. The van der Waals surface area contributed by atoms with Crippen molar-refractivity contribution in [3.8, 4) is 0 Å². The number of nitrogens with zero attached hydrogens (tertiary/aromatic N) is 2. The third-order valence-electron chi connectivity index (χ3n) is 4.91. The van der Waals surface area contributed by atoms with Gasteiger partial charge in [-0.25, -0.2) is 4.57 Å². The van der Waals surface area contributed by atoms with Crippen LogP contribution in [0.5, 0.6) is 0 Å². The molecular formula is C22H35N2+. The van der Waals surface area contributed by atoms with Gasteiger partial charge in [-0.2, -0.15) is 0 Å². The number of anilines is 1. The van der Waals surface area contributed by atoms with Gasteiger partial charge in [-0.05, 0) is 31.0 Å². The lowest BCUT2D eigenvalue weighted by molar-refractivity contribution is -0.644. The van der Waals surface area contributed by atoms with Crippen molar-refractivity contribution in [1.82, 2.24) is 0 Å². The maximum atomic E-state index is 2.61. The third kappa shape index (κ3) is 5.51. The highest BCUT2D eigenvalue weighted by Crippen LogP contribution is 2.21. The lowest BCUT2D eigenvalue weighted by Crippen LogP contribution is -2.29. The van der Waals surface area contributed by atoms with Crippen LogP contribution in [0.4, 0.5) is 5.69 Å². The summed E-state index contributed by atoms with van der Waals surface area (Å²) >= 11 is 0. The highest BCUT2D eigenvalue weighted by Gasteiger charge is 2.11. The molecule has 0 aliphatic rings. The molecule has 2 heteroatoms. The van der Waals surface area contributed by atoms with E-state index in [-0.39, 0.29) is 0 Å². The van der Waals surface area contributed by atoms with Crippen molar-refractivity contribution in [2.24, 2.45) is 7.05 Å². The quantitative estimate of drug-likeness (QED) is 0.383. The summed E-state index contributed by atoms with van der Waals surface area (Å²) in [6.07, 6.45) is 12.8. The van der Waals surface area contributed by atoms with Crippen molar-refractivity contribution in [2.75, 3.05) is 18.0 Å². The summed E-state index contributed by atoms with van der Waals surface area (Å²) in [5, 5.41) is 1.32. The van der Waals surface area contributed by atoms with E-state index in [1.807, 2.05) is 0 Å². The van der Waals surface area contributed by atoms with Crippen LogP contribution in [0.15, 0.2) is 36.5 Å². The molecule has 0 bridgehead atoms. The van der Waals surface area contributed by atoms with E-state index in [2.05, 4.69) is 66.9 Å². The highest BCUT2D eigenvalue weighted by atomic mass is 15.1. The van der Waals surface area contributed by atoms with Gasteiger partial charge in [-0.1, -0.05) is 52.4 Å². The topological polar surface area (TPSA) is 7.12 Å². The van der Waals surface area contributed by atoms with Crippen molar-refractivity contribution in [2.45, 2.75) is 65.2 Å². The Morgan fingerprint density at radius 1 is 0.833 bits per heavy atom. The van der Waals surface area contributed by atoms with Crippen LogP contribution >= 0.6 is 0 Å². The van der Waals surface area contributed by atoms with Gasteiger partial charge < -0.3 is 4.90 Å². The Labute approximate surface area is 148 Å². The van der Waals surface area contributed by atoms with Crippen LogP contribution in [0, 0.1) is 0 Å². The number of unbranched alkanes of at least 4 members (excludes halogenated alkanes) is 6. The van der Waals surface area contributed by atoms with Crippen LogP contribution in [0.25, 0.3) is 10.9 Å². The molecule has 0 atom stereocenters. The van der Waals surface area contributed by atoms with E-state index in [4.69, 9.17) is 0 Å². The maximum Gasteiger partial charge on any atom is 0.214 e. The van der Waals surface area contributed by atoms with E-state index in [9.17, 15) is 0 Å². The molecule has 132 valence electrons. The zero-order valence-electron chi connectivity index (χ0n) is 15.9. The number of hydrogen-bond donors (Lipinski definition) is 0. The maximum absolute atomic E-state index is 2.61. The first-order valence-corrected chi connectivity index (χ1v) is 9.89. The van der Waals surface area contributed by atoms with Crippen molar-refractivity contribution in [3.05, 3.63) is 36.5 Å². The van der Waals surface area contributed by atoms with Crippen LogP contribution in [0.2, 0.25) is 0 Å². The minimum absolute atomic E-state index is 1.19. The predicted molar refractivity (Wildman–Crippen MR) is 106 cm³/mol. The Hall–Kier alpha value is -1.57. The fraction of sp³-hybridized carbons (Fsp3) is 0.591. The number of aryl methyl sites for hydroxylation is 1. The summed E-state index contributed by atoms with van der Waals surface area (Å²) < 4.78 is 2.23. The standard InChI is InChI=1S/C22H35N2/c1-4-6-8-10-17-24(18-11-9-7-5-2)21-15-14-20-13-12-16-23(3)22(20)19-21/h12-16,19H,4-11,17-18H2,1-3H3/q+1. The first-order chi connectivity index (χ1) is 11.8. The van der Waals surface area contributed by atoms with E-state index in [0.29, 0.717) is 0 Å². The molecule has 0 fully saturated rings. The van der Waals surface area contributed by atoms with E-state index < -0.39 is 0 Å². The second-order valence-electron chi connectivity index (χ2n) is 6.97. The average molecular weight is 328 g/mol. The molecular weight excluding hydrogens is 292 g/mol. The van der Waals surface area contributed by atoms with Crippen LogP contribution < -0.4 is 9.47 Å². The Bertz CT molecular complexity index is 594. The number of aromatic nitrogens is 1. The van der Waals surface area contributed by atoms with Crippen LogP contribution in [-0.4, -0.2) is 13.1 Å². The molecule has 0 radical (unpaired) electrons. The molecule has 1 heterocycles. The molecule has 2 nitrogen and oxygen atoms in total. The number of rotatable bonds is 11. The van der Waals surface area contributed by atoms with Gasteiger partial charge in [0.2, 0.25) is 5.52 Å². The normalized spacial score (nSPS) is 11.1. The second kappa shape index (κ2) is 10.3. The van der Waals surface area contributed by atoms with Gasteiger partial charge in [-0.3, -0.25) is 0 Å². The fourth-order valence-electron chi connectivity index (χ4n) is 3.36. The van der Waals surface area contributed by atoms with Gasteiger partial charge in [-0.15, -0.1) is 0 Å². The summed E-state index contributed by atoms with van der Waals surface area (Å²) in [7, 11) is 2.14. The van der Waals surface area contributed by atoms with E-state index in [1.165, 1.54) is 81.0 Å². The molecule has 0 unspecified atom stereocenters. The molecule has 0 spiro atoms. The number of benzene rings is 1. The Morgan fingerprint density at radius 3 is 2.12 bits per heavy atom. The summed E-state index contributed by atoms with van der Waals surface area (Å²) in [6.45, 7) is 6.94. The number of pyridine rings is 1. The molecule has 1 aromatic heterocycles. The molecule has 0 amide bonds. The Kier molecular flexibility index (Phi) is 8.07. The van der Waals surface area contributed by atoms with Crippen molar-refractivity contribution in [3.63, 3.8) is 0 Å². The average Bonchev–Trinajstić information content (AvgIpc) is 2.60. The Balaban J connectivity index is 2.10. The minimum atomic E-state index is 1.19. The van der Waals surface area contributed by atoms with Gasteiger partial charge >= 0.3 is 0 Å². The second-order valence-corrected chi connectivity index (χ2v) is 6.97. The predicted octanol–water partition coefficient (Wildman–Crippen LogP) is 5.63. The van der Waals surface area contributed by atoms with Gasteiger partial charge in [0.25, 0.3) is 0 Å². The van der Waals surface area contributed by atoms with E-state index in [0.717, 1.165) is 0 Å². The van der Waals surface area contributed by atoms with E-state index in [1.54, 1.807) is 0 Å². The smallest absolute Gasteiger partial charge is 0.214 e. The zero-order valence-corrected chi connectivity index (χ0v) is 15.9. The molecule has 2 rings (SSSR count). The van der Waals surface area contributed by atoms with Crippen molar-refractivity contribution in [1.29, 1.82) is 0 Å². The molecule has 2 aromatic rings. The fourth-order valence-corrected chi connectivity index (χ4v) is 3.36. The van der Waals surface area contributed by atoms with Crippen LogP contribution in [0.3, 0.4) is 0 Å². The first kappa shape index (κ1) is 18.8. The Morgan fingerprint density at radius 2 is 1.50 bits per heavy atom. The van der Waals surface area contributed by atoms with Gasteiger partial charge in [0.1, 0.15) is 7.05 Å². The minimum Gasteiger partial charge on any atom is -0.371 e. The molecule has 0 aliphatic heterocycles. The monoisotopic (exact) mass is 327 g/mol. The lowest BCUT2D eigenvalue weighted by atomic mass is 10.1. The summed E-state index contributed by atoms with van der Waals surface area (Å²) in [5.74, 6) is 0. The van der Waals surface area contributed by atoms with Gasteiger partial charge in [0.15, 0.2) is 6.20 Å². The summed E-state index contributed by atoms with van der Waals surface area (Å²) in [4.78, 5) is 2.61. The molecule has 24 heavy (non-hydrogen) atoms. The summed E-state index contributed by atoms with van der Waals surface area (Å²) in [5.41, 5.74) is 2.71. The molecule has 0 saturated heterocycles. The number of fused-ring (bicyclic) bond motifs is 1. The van der Waals surface area contributed by atoms with Crippen molar-refractivity contribution >= 4 is 16.6 Å². The first-order valence-electron chi connectivity index (χ1n) is 9.89. The molecule has 0 saturated carbocycles. The summed E-state index contributed by atoms with van der Waals surface area (Å²) in [6, 6.07) is 11.3. The third-order valence-corrected chi connectivity index (χ3v) is 4.91. The van der Waals surface area contributed by atoms with Crippen LogP contribution in [-0.2, 0) is 7.05 Å². The van der Waals surface area contributed by atoms with Crippen molar-refractivity contribution < 1.29 is 4.57 Å². The SMILES string of the molecule is CCCCCCN(CCCCCC)c1ccc2ccc[n+](C)c2c1. The zero-order chi connectivity index (χ0) is 17.2. The van der Waals surface area contributed by atoms with Gasteiger partial charge in [0, 0.05) is 36.3 Å². The van der Waals surface area contributed by atoms with Crippen LogP contribution in [0.1, 0.15) is 65.2 Å². The molecule has 1 aromatic carbocycles. The molecule has 0 N–H and O–H groups in total. The lowest BCUT2D eigenvalue weighted by Gasteiger charge is -2.25. The number of hydrogen-bond acceptors (Lipinski definition) is 1.